The quantitative estimate of drug-likeness (QED) is 0.160. The van der Waals surface area contributed by atoms with Gasteiger partial charge in [-0.1, -0.05) is 159 Å². The van der Waals surface area contributed by atoms with E-state index in [1.807, 2.05) is 6.07 Å². The molecule has 0 radical (unpaired) electrons. The number of furan rings is 1. The Bertz CT molecular complexity index is 3010. The molecule has 9 aromatic rings. The third-order valence-corrected chi connectivity index (χ3v) is 12.1. The summed E-state index contributed by atoms with van der Waals surface area (Å²) in [6.45, 7) is 20.6. The predicted molar refractivity (Wildman–Crippen MR) is 262 cm³/mol. The van der Waals surface area contributed by atoms with E-state index in [1.165, 1.54) is 27.5 Å². The van der Waals surface area contributed by atoms with Crippen LogP contribution in [-0.2, 0) is 16.2 Å². The fraction of sp³-hybridized carbons (Fsp3) is 0.207. The van der Waals surface area contributed by atoms with E-state index in [4.69, 9.17) is 4.42 Å². The minimum absolute atomic E-state index is 0.00481. The van der Waals surface area contributed by atoms with Crippen molar-refractivity contribution in [2.24, 2.45) is 0 Å². The summed E-state index contributed by atoms with van der Waals surface area (Å²) >= 11 is 0. The number of nitrogens with zero attached hydrogens (tertiary/aromatic N) is 2. The molecule has 61 heavy (non-hydrogen) atoms. The normalized spacial score (nSPS) is 12.3. The molecule has 0 N–H and O–H groups in total. The number of hydrogen-bond acceptors (Lipinski definition) is 3. The van der Waals surface area contributed by atoms with Crippen molar-refractivity contribution >= 4 is 66.8 Å². The van der Waals surface area contributed by atoms with Gasteiger partial charge in [0.2, 0.25) is 0 Å². The van der Waals surface area contributed by atoms with E-state index in [-0.39, 0.29) is 16.2 Å². The number of fused-ring (bicyclic) bond motifs is 4. The molecule has 0 aliphatic rings. The summed E-state index contributed by atoms with van der Waals surface area (Å²) in [4.78, 5) is 4.91. The fourth-order valence-electron chi connectivity index (χ4n) is 8.54. The summed E-state index contributed by atoms with van der Waals surface area (Å²) < 4.78 is 6.60. The van der Waals surface area contributed by atoms with Crippen molar-refractivity contribution in [3.05, 3.63) is 193 Å². The molecule has 3 heteroatoms. The average Bonchev–Trinajstić information content (AvgIpc) is 3.61. The van der Waals surface area contributed by atoms with Gasteiger partial charge in [0.15, 0.2) is 0 Å². The highest BCUT2D eigenvalue weighted by atomic mass is 16.3. The summed E-state index contributed by atoms with van der Waals surface area (Å²) in [5.74, 6) is 0. The maximum Gasteiger partial charge on any atom is 0.137 e. The molecule has 0 saturated carbocycles. The molecule has 9 rings (SSSR count). The van der Waals surface area contributed by atoms with Crippen LogP contribution in [0.5, 0.6) is 0 Å². The molecule has 1 heterocycles. The zero-order chi connectivity index (χ0) is 42.7. The topological polar surface area (TPSA) is 19.6 Å². The van der Waals surface area contributed by atoms with Gasteiger partial charge in [0.1, 0.15) is 11.2 Å². The van der Waals surface area contributed by atoms with Crippen LogP contribution in [0.3, 0.4) is 0 Å². The Morgan fingerprint density at radius 3 is 1.41 bits per heavy atom. The van der Waals surface area contributed by atoms with Gasteiger partial charge in [-0.25, -0.2) is 0 Å². The Hall–Kier alpha value is -6.58. The summed E-state index contributed by atoms with van der Waals surface area (Å²) in [5, 5.41) is 4.64. The van der Waals surface area contributed by atoms with Crippen LogP contribution in [0.4, 0.5) is 34.1 Å². The minimum atomic E-state index is -0.186. The number of rotatable bonds is 7. The predicted octanol–water partition coefficient (Wildman–Crippen LogP) is 17.2. The lowest BCUT2D eigenvalue weighted by atomic mass is 9.83. The van der Waals surface area contributed by atoms with Crippen molar-refractivity contribution in [1.29, 1.82) is 0 Å². The highest BCUT2D eigenvalue weighted by molar-refractivity contribution is 6.07. The second-order valence-electron chi connectivity index (χ2n) is 19.6. The standard InChI is InChI=1S/C58H56N2O/c1-56(2,3)42-25-29-46(30-26-42)59(45-19-11-10-12-20-45)51-36-44(58(7,8)9)37-52(55(51)41-24-23-39-17-13-14-18-40(39)35-41)60(47-31-27-43(28-32-47)57(4,5)6)48-33-34-50-49-21-15-16-22-53(49)61-54(50)38-48/h10-38H,1-9H3. The van der Waals surface area contributed by atoms with Gasteiger partial charge < -0.3 is 14.2 Å². The molecule has 0 bridgehead atoms. The Morgan fingerprint density at radius 1 is 0.344 bits per heavy atom. The van der Waals surface area contributed by atoms with Crippen LogP contribution < -0.4 is 9.80 Å². The monoisotopic (exact) mass is 796 g/mol. The lowest BCUT2D eigenvalue weighted by molar-refractivity contribution is 0.589. The van der Waals surface area contributed by atoms with Gasteiger partial charge in [0, 0.05) is 45.2 Å². The maximum atomic E-state index is 6.60. The van der Waals surface area contributed by atoms with E-state index >= 15 is 0 Å². The van der Waals surface area contributed by atoms with Crippen LogP contribution in [0.15, 0.2) is 180 Å². The summed E-state index contributed by atoms with van der Waals surface area (Å²) in [6.07, 6.45) is 0. The van der Waals surface area contributed by atoms with Crippen molar-refractivity contribution in [3.8, 4) is 11.1 Å². The van der Waals surface area contributed by atoms with Crippen LogP contribution >= 0.6 is 0 Å². The Morgan fingerprint density at radius 2 is 0.820 bits per heavy atom. The summed E-state index contributed by atoms with van der Waals surface area (Å²) in [7, 11) is 0. The summed E-state index contributed by atoms with van der Waals surface area (Å²) in [6, 6.07) is 64.7. The first-order valence-corrected chi connectivity index (χ1v) is 21.6. The van der Waals surface area contributed by atoms with Crippen molar-refractivity contribution < 1.29 is 4.42 Å². The lowest BCUT2D eigenvalue weighted by Gasteiger charge is -2.35. The molecule has 0 amide bonds. The number of anilines is 6. The molecule has 0 spiro atoms. The highest BCUT2D eigenvalue weighted by Crippen LogP contribution is 2.52. The van der Waals surface area contributed by atoms with Crippen molar-refractivity contribution in [3.63, 3.8) is 0 Å². The summed E-state index contributed by atoms with van der Waals surface area (Å²) in [5.41, 5.74) is 14.2. The van der Waals surface area contributed by atoms with Gasteiger partial charge in [-0.05, 0) is 122 Å². The van der Waals surface area contributed by atoms with Crippen LogP contribution in [0.25, 0.3) is 43.8 Å². The molecule has 304 valence electrons. The van der Waals surface area contributed by atoms with E-state index < -0.39 is 0 Å². The molecular weight excluding hydrogens is 741 g/mol. The van der Waals surface area contributed by atoms with E-state index in [0.29, 0.717) is 0 Å². The number of benzene rings is 8. The van der Waals surface area contributed by atoms with Gasteiger partial charge in [-0.15, -0.1) is 0 Å². The first kappa shape index (κ1) is 39.9. The van der Waals surface area contributed by atoms with Gasteiger partial charge in [0.25, 0.3) is 0 Å². The van der Waals surface area contributed by atoms with Gasteiger partial charge in [0.05, 0.1) is 11.4 Å². The Labute approximate surface area is 361 Å². The van der Waals surface area contributed by atoms with Gasteiger partial charge in [-0.3, -0.25) is 0 Å². The molecule has 0 atom stereocenters. The van der Waals surface area contributed by atoms with Gasteiger partial charge >= 0.3 is 0 Å². The van der Waals surface area contributed by atoms with Crippen LogP contribution in [0.1, 0.15) is 79.0 Å². The smallest absolute Gasteiger partial charge is 0.137 e. The molecule has 0 unspecified atom stereocenters. The van der Waals surface area contributed by atoms with Crippen molar-refractivity contribution in [2.45, 2.75) is 78.6 Å². The SMILES string of the molecule is CC(C)(C)c1ccc(N(c2ccccc2)c2cc(C(C)(C)C)cc(N(c3ccc(C(C)(C)C)cc3)c3ccc4c(c3)oc3ccccc34)c2-c2ccc3ccccc3c2)cc1. The van der Waals surface area contributed by atoms with Crippen LogP contribution in [0.2, 0.25) is 0 Å². The Balaban J connectivity index is 1.41. The van der Waals surface area contributed by atoms with E-state index in [1.54, 1.807) is 0 Å². The minimum Gasteiger partial charge on any atom is -0.456 e. The second kappa shape index (κ2) is 15.2. The molecule has 0 aliphatic carbocycles. The highest BCUT2D eigenvalue weighted by Gasteiger charge is 2.29. The van der Waals surface area contributed by atoms with Crippen LogP contribution in [0, 0.1) is 0 Å². The van der Waals surface area contributed by atoms with E-state index in [9.17, 15) is 0 Å². The van der Waals surface area contributed by atoms with Crippen molar-refractivity contribution in [1.82, 2.24) is 0 Å². The molecule has 0 fully saturated rings. The van der Waals surface area contributed by atoms with Crippen molar-refractivity contribution in [2.75, 3.05) is 9.80 Å². The molecule has 0 aliphatic heterocycles. The first-order valence-electron chi connectivity index (χ1n) is 21.6. The second-order valence-corrected chi connectivity index (χ2v) is 19.6. The lowest BCUT2D eigenvalue weighted by Crippen LogP contribution is -2.20. The Kier molecular flexibility index (Phi) is 9.90. The van der Waals surface area contributed by atoms with Gasteiger partial charge in [-0.2, -0.15) is 0 Å². The molecule has 8 aromatic carbocycles. The first-order chi connectivity index (χ1) is 29.1. The maximum absolute atomic E-state index is 6.60. The fourth-order valence-corrected chi connectivity index (χ4v) is 8.54. The number of hydrogen-bond donors (Lipinski definition) is 0. The number of para-hydroxylation sites is 2. The molecule has 0 saturated heterocycles. The molecular formula is C58H56N2O. The van der Waals surface area contributed by atoms with E-state index in [0.717, 1.165) is 67.2 Å². The molecule has 3 nitrogen and oxygen atoms in total. The zero-order valence-electron chi connectivity index (χ0n) is 37.0. The molecule has 1 aromatic heterocycles. The van der Waals surface area contributed by atoms with E-state index in [2.05, 4.69) is 242 Å². The third-order valence-electron chi connectivity index (χ3n) is 12.1. The average molecular weight is 797 g/mol. The largest absolute Gasteiger partial charge is 0.456 e. The third kappa shape index (κ3) is 7.70. The van der Waals surface area contributed by atoms with Crippen LogP contribution in [-0.4, -0.2) is 0 Å². The zero-order valence-corrected chi connectivity index (χ0v) is 37.0.